The summed E-state index contributed by atoms with van der Waals surface area (Å²) in [6.45, 7) is 4.32. The van der Waals surface area contributed by atoms with Gasteiger partial charge in [0, 0.05) is 18.8 Å². The summed E-state index contributed by atoms with van der Waals surface area (Å²) in [6, 6.07) is 14.5. The van der Waals surface area contributed by atoms with Gasteiger partial charge in [0.05, 0.1) is 29.8 Å². The Labute approximate surface area is 159 Å². The highest BCUT2D eigenvalue weighted by molar-refractivity contribution is 5.81. The lowest BCUT2D eigenvalue weighted by Gasteiger charge is -2.29. The number of H-pyrrole nitrogens is 1. The molecule has 2 heterocycles. The quantitative estimate of drug-likeness (QED) is 0.722. The van der Waals surface area contributed by atoms with Gasteiger partial charge in [-0.2, -0.15) is 0 Å². The lowest BCUT2D eigenvalue weighted by molar-refractivity contribution is -0.121. The summed E-state index contributed by atoms with van der Waals surface area (Å²) in [5.74, 6) is 0.0291. The fourth-order valence-corrected chi connectivity index (χ4v) is 3.78. The van der Waals surface area contributed by atoms with Gasteiger partial charge in [-0.05, 0) is 61.6 Å². The van der Waals surface area contributed by atoms with E-state index >= 15 is 0 Å². The van der Waals surface area contributed by atoms with Crippen LogP contribution in [-0.4, -0.2) is 29.0 Å². The third-order valence-electron chi connectivity index (χ3n) is 5.34. The fourth-order valence-electron chi connectivity index (χ4n) is 3.78. The highest BCUT2D eigenvalue weighted by atomic mass is 16.1. The minimum absolute atomic E-state index is 0.0104. The first-order valence-corrected chi connectivity index (χ1v) is 9.75. The summed E-state index contributed by atoms with van der Waals surface area (Å²) in [5.41, 5.74) is 5.28. The van der Waals surface area contributed by atoms with E-state index in [1.54, 1.807) is 6.33 Å². The van der Waals surface area contributed by atoms with Gasteiger partial charge < -0.3 is 15.2 Å². The van der Waals surface area contributed by atoms with Crippen LogP contribution in [0.15, 0.2) is 48.8 Å². The van der Waals surface area contributed by atoms with Crippen molar-refractivity contribution in [2.75, 3.05) is 18.0 Å². The topological polar surface area (TPSA) is 61.0 Å². The van der Waals surface area contributed by atoms with E-state index in [4.69, 9.17) is 0 Å². The number of piperidine rings is 1. The number of anilines is 1. The number of carbonyl (C=O) groups is 1. The van der Waals surface area contributed by atoms with Crippen LogP contribution in [0.4, 0.5) is 5.69 Å². The first-order valence-electron chi connectivity index (χ1n) is 9.75. The van der Waals surface area contributed by atoms with Crippen molar-refractivity contribution in [3.05, 3.63) is 59.9 Å². The molecule has 0 spiro atoms. The van der Waals surface area contributed by atoms with Crippen molar-refractivity contribution < 1.29 is 4.79 Å². The Morgan fingerprint density at radius 3 is 2.70 bits per heavy atom. The van der Waals surface area contributed by atoms with Crippen molar-refractivity contribution in [2.24, 2.45) is 0 Å². The van der Waals surface area contributed by atoms with E-state index in [1.165, 1.54) is 24.9 Å². The number of hydrogen-bond donors (Lipinski definition) is 2. The number of nitrogens with one attached hydrogen (secondary N) is 2. The average Bonchev–Trinajstić information content (AvgIpc) is 3.16. The first-order chi connectivity index (χ1) is 13.2. The van der Waals surface area contributed by atoms with Crippen molar-refractivity contribution >= 4 is 22.6 Å². The molecule has 1 aliphatic heterocycles. The highest BCUT2D eigenvalue weighted by Gasteiger charge is 2.13. The number of rotatable bonds is 5. The number of carbonyl (C=O) groups excluding carboxylic acids is 1. The maximum absolute atomic E-state index is 12.4. The Morgan fingerprint density at radius 2 is 1.93 bits per heavy atom. The Balaban J connectivity index is 1.36. The number of benzene rings is 2. The molecule has 27 heavy (non-hydrogen) atoms. The summed E-state index contributed by atoms with van der Waals surface area (Å²) in [6.07, 6.45) is 5.93. The largest absolute Gasteiger partial charge is 0.372 e. The third kappa shape index (κ3) is 4.13. The standard InChI is InChI=1S/C22H26N4O/c1-16(18-6-8-19(9-7-18)26-11-3-2-4-12-26)25-22(27)14-17-5-10-20-21(13-17)24-15-23-20/h5-10,13,15-16H,2-4,11-12,14H2,1H3,(H,23,24)(H,25,27)/t16-/m1/s1. The molecule has 0 bridgehead atoms. The zero-order valence-electron chi connectivity index (χ0n) is 15.7. The van der Waals surface area contributed by atoms with E-state index in [1.807, 2.05) is 25.1 Å². The molecule has 5 heteroatoms. The molecule has 1 saturated heterocycles. The van der Waals surface area contributed by atoms with Crippen LogP contribution >= 0.6 is 0 Å². The molecule has 0 saturated carbocycles. The Hall–Kier alpha value is -2.82. The van der Waals surface area contributed by atoms with Crippen LogP contribution in [0.5, 0.6) is 0 Å². The minimum Gasteiger partial charge on any atom is -0.372 e. The van der Waals surface area contributed by atoms with Crippen LogP contribution in [-0.2, 0) is 11.2 Å². The number of aromatic nitrogens is 2. The molecule has 0 aliphatic carbocycles. The number of nitrogens with zero attached hydrogens (tertiary/aromatic N) is 2. The molecule has 2 aromatic carbocycles. The van der Waals surface area contributed by atoms with Gasteiger partial charge in [0.1, 0.15) is 0 Å². The van der Waals surface area contributed by atoms with Gasteiger partial charge >= 0.3 is 0 Å². The molecule has 1 atom stereocenters. The van der Waals surface area contributed by atoms with E-state index in [2.05, 4.69) is 44.5 Å². The van der Waals surface area contributed by atoms with Gasteiger partial charge in [-0.25, -0.2) is 4.98 Å². The van der Waals surface area contributed by atoms with Crippen LogP contribution in [0.3, 0.4) is 0 Å². The molecule has 1 aliphatic rings. The molecule has 1 aromatic heterocycles. The molecule has 1 amide bonds. The molecule has 4 rings (SSSR count). The highest BCUT2D eigenvalue weighted by Crippen LogP contribution is 2.22. The Bertz CT molecular complexity index is 909. The maximum atomic E-state index is 12.4. The monoisotopic (exact) mass is 362 g/mol. The van der Waals surface area contributed by atoms with Gasteiger partial charge in [-0.15, -0.1) is 0 Å². The second kappa shape index (κ2) is 7.82. The van der Waals surface area contributed by atoms with E-state index in [0.717, 1.165) is 35.2 Å². The Kier molecular flexibility index (Phi) is 5.10. The van der Waals surface area contributed by atoms with Gasteiger partial charge in [0.25, 0.3) is 0 Å². The summed E-state index contributed by atoms with van der Waals surface area (Å²) in [5, 5.41) is 3.11. The molecule has 2 N–H and O–H groups in total. The first kappa shape index (κ1) is 17.6. The van der Waals surface area contributed by atoms with Gasteiger partial charge in [0.15, 0.2) is 0 Å². The zero-order chi connectivity index (χ0) is 18.6. The van der Waals surface area contributed by atoms with Crippen LogP contribution in [0.25, 0.3) is 11.0 Å². The smallest absolute Gasteiger partial charge is 0.224 e. The molecule has 0 radical (unpaired) electrons. The van der Waals surface area contributed by atoms with Crippen LogP contribution in [0.2, 0.25) is 0 Å². The molecular formula is C22H26N4O. The molecule has 0 unspecified atom stereocenters. The van der Waals surface area contributed by atoms with E-state index in [0.29, 0.717) is 6.42 Å². The van der Waals surface area contributed by atoms with Gasteiger partial charge in [-0.1, -0.05) is 18.2 Å². The SMILES string of the molecule is C[C@@H](NC(=O)Cc1ccc2nc[nH]c2c1)c1ccc(N2CCCCC2)cc1. The summed E-state index contributed by atoms with van der Waals surface area (Å²) < 4.78 is 0. The summed E-state index contributed by atoms with van der Waals surface area (Å²) in [4.78, 5) is 22.2. The predicted octanol–water partition coefficient (Wildman–Crippen LogP) is 3.97. The van der Waals surface area contributed by atoms with Crippen molar-refractivity contribution in [3.8, 4) is 0 Å². The van der Waals surface area contributed by atoms with Gasteiger partial charge in [0.2, 0.25) is 5.91 Å². The molecule has 140 valence electrons. The van der Waals surface area contributed by atoms with E-state index < -0.39 is 0 Å². The molecule has 5 nitrogen and oxygen atoms in total. The van der Waals surface area contributed by atoms with E-state index in [-0.39, 0.29) is 11.9 Å². The molecule has 3 aromatic rings. The number of aromatic amines is 1. The second-order valence-electron chi connectivity index (χ2n) is 7.36. The number of imidazole rings is 1. The number of amides is 1. The van der Waals surface area contributed by atoms with Crippen LogP contribution < -0.4 is 10.2 Å². The minimum atomic E-state index is -0.0104. The summed E-state index contributed by atoms with van der Waals surface area (Å²) >= 11 is 0. The zero-order valence-corrected chi connectivity index (χ0v) is 15.7. The predicted molar refractivity (Wildman–Crippen MR) is 109 cm³/mol. The summed E-state index contributed by atoms with van der Waals surface area (Å²) in [7, 11) is 0. The van der Waals surface area contributed by atoms with Crippen molar-refractivity contribution in [1.29, 1.82) is 0 Å². The van der Waals surface area contributed by atoms with Gasteiger partial charge in [-0.3, -0.25) is 4.79 Å². The third-order valence-corrected chi connectivity index (χ3v) is 5.34. The lowest BCUT2D eigenvalue weighted by atomic mass is 10.1. The van der Waals surface area contributed by atoms with Crippen LogP contribution in [0, 0.1) is 0 Å². The van der Waals surface area contributed by atoms with Crippen molar-refractivity contribution in [2.45, 2.75) is 38.6 Å². The lowest BCUT2D eigenvalue weighted by Crippen LogP contribution is -2.30. The molecular weight excluding hydrogens is 336 g/mol. The van der Waals surface area contributed by atoms with E-state index in [9.17, 15) is 4.79 Å². The second-order valence-corrected chi connectivity index (χ2v) is 7.36. The number of fused-ring (bicyclic) bond motifs is 1. The Morgan fingerprint density at radius 1 is 1.15 bits per heavy atom. The normalized spacial score (nSPS) is 15.7. The maximum Gasteiger partial charge on any atom is 0.224 e. The van der Waals surface area contributed by atoms with Crippen molar-refractivity contribution in [3.63, 3.8) is 0 Å². The molecule has 1 fully saturated rings. The number of hydrogen-bond acceptors (Lipinski definition) is 3. The fraction of sp³-hybridized carbons (Fsp3) is 0.364. The van der Waals surface area contributed by atoms with Crippen LogP contribution in [0.1, 0.15) is 43.4 Å². The van der Waals surface area contributed by atoms with Crippen molar-refractivity contribution in [1.82, 2.24) is 15.3 Å². The average molecular weight is 362 g/mol.